The predicted molar refractivity (Wildman–Crippen MR) is 327 cm³/mol. The summed E-state index contributed by atoms with van der Waals surface area (Å²) in [5.74, 6) is 1.62. The average molecular weight is 1030 g/mol. The Labute approximate surface area is 447 Å². The SMILES string of the molecule is CCCCCCCCCCCCC(CCCCCCCCCC)Cc1cc2sc3c(sc4cc(CC(CCCCCCCCCC)CCCCCCCCCCCC)c5sccc5c43)c2c2ccsc12. The van der Waals surface area contributed by atoms with Crippen molar-refractivity contribution in [3.05, 3.63) is 46.2 Å². The summed E-state index contributed by atoms with van der Waals surface area (Å²) in [6, 6.07) is 10.4. The molecule has 2 unspecified atom stereocenters. The normalized spacial score (nSPS) is 13.1. The molecule has 6 rings (SSSR count). The molecule has 2 aromatic carbocycles. The molecule has 0 bridgehead atoms. The summed E-state index contributed by atoms with van der Waals surface area (Å²) in [6.45, 7) is 9.33. The first-order valence-electron chi connectivity index (χ1n) is 30.8. The highest BCUT2D eigenvalue weighted by Gasteiger charge is 2.23. The minimum atomic E-state index is 0.812. The Bertz CT molecular complexity index is 2080. The van der Waals surface area contributed by atoms with Gasteiger partial charge >= 0.3 is 0 Å². The van der Waals surface area contributed by atoms with E-state index in [9.17, 15) is 0 Å². The van der Waals surface area contributed by atoms with E-state index in [0.29, 0.717) is 0 Å². The fraction of sp³-hybridized carbons (Fsp3) is 0.727. The van der Waals surface area contributed by atoms with Gasteiger partial charge in [-0.15, -0.1) is 45.3 Å². The molecule has 4 heteroatoms. The lowest BCUT2D eigenvalue weighted by Crippen LogP contribution is -2.06. The highest BCUT2D eigenvalue weighted by atomic mass is 32.1. The van der Waals surface area contributed by atoms with Crippen LogP contribution in [0.25, 0.3) is 49.7 Å². The number of fused-ring (bicyclic) bond motifs is 9. The molecule has 2 atom stereocenters. The molecule has 0 aliphatic carbocycles. The van der Waals surface area contributed by atoms with Crippen LogP contribution in [0.15, 0.2) is 35.0 Å². The lowest BCUT2D eigenvalue weighted by Gasteiger charge is -2.18. The summed E-state index contributed by atoms with van der Waals surface area (Å²) < 4.78 is 9.40. The summed E-state index contributed by atoms with van der Waals surface area (Å²) in [7, 11) is 0. The monoisotopic (exact) mass is 1020 g/mol. The molecular weight excluding hydrogens is 921 g/mol. The number of thiophene rings is 4. The van der Waals surface area contributed by atoms with Gasteiger partial charge in [0.2, 0.25) is 0 Å². The predicted octanol–water partition coefficient (Wildman–Crippen LogP) is 25.7. The standard InChI is InChI=1S/C66H104S4/c1-5-9-13-17-21-25-27-31-35-39-43-53(41-37-33-29-23-19-15-11-7-3)49-55-51-59-61(57-45-47-67-63(55)57)65-66(69-59)62-58-46-48-68-64(58)56(52-60(62)70-65)50-54(42-38-34-30-24-20-16-12-8-4)44-40-36-32-28-26-22-18-14-10-6-2/h45-48,51-54H,5-44,49-50H2,1-4H3. The molecule has 392 valence electrons. The quantitative estimate of drug-likeness (QED) is 0.0335. The van der Waals surface area contributed by atoms with E-state index in [1.807, 2.05) is 22.7 Å². The van der Waals surface area contributed by atoms with Crippen molar-refractivity contribution in [2.45, 2.75) is 297 Å². The highest BCUT2D eigenvalue weighted by Crippen LogP contribution is 2.51. The second-order valence-corrected chi connectivity index (χ2v) is 26.6. The van der Waals surface area contributed by atoms with E-state index in [1.54, 1.807) is 60.9 Å². The van der Waals surface area contributed by atoms with Gasteiger partial charge in [-0.3, -0.25) is 0 Å². The zero-order chi connectivity index (χ0) is 48.9. The lowest BCUT2D eigenvalue weighted by molar-refractivity contribution is 0.401. The maximum atomic E-state index is 2.69. The van der Waals surface area contributed by atoms with Gasteiger partial charge in [0.25, 0.3) is 0 Å². The Morgan fingerprint density at radius 1 is 0.314 bits per heavy atom. The van der Waals surface area contributed by atoms with Gasteiger partial charge in [0.15, 0.2) is 0 Å². The van der Waals surface area contributed by atoms with E-state index < -0.39 is 0 Å². The smallest absolute Gasteiger partial charge is 0.0548 e. The van der Waals surface area contributed by atoms with E-state index >= 15 is 0 Å². The molecule has 0 aliphatic heterocycles. The summed E-state index contributed by atoms with van der Waals surface area (Å²) in [6.07, 6.45) is 59.6. The molecule has 0 radical (unpaired) electrons. The molecular formula is C66H104S4. The van der Waals surface area contributed by atoms with Crippen LogP contribution >= 0.6 is 45.3 Å². The van der Waals surface area contributed by atoms with E-state index in [0.717, 1.165) is 11.8 Å². The second-order valence-electron chi connectivity index (χ2n) is 22.6. The summed E-state index contributed by atoms with van der Waals surface area (Å²) in [5.41, 5.74) is 3.31. The molecule has 0 amide bonds. The molecule has 0 saturated heterocycles. The average Bonchev–Trinajstić information content (AvgIpc) is 4.19. The van der Waals surface area contributed by atoms with Gasteiger partial charge in [-0.25, -0.2) is 0 Å². The van der Waals surface area contributed by atoms with Crippen LogP contribution in [0.1, 0.15) is 296 Å². The maximum absolute atomic E-state index is 2.69. The van der Waals surface area contributed by atoms with E-state index in [-0.39, 0.29) is 0 Å². The lowest BCUT2D eigenvalue weighted by atomic mass is 9.88. The Balaban J connectivity index is 1.15. The molecule has 0 fully saturated rings. The Morgan fingerprint density at radius 2 is 0.571 bits per heavy atom. The van der Waals surface area contributed by atoms with Gasteiger partial charge in [-0.1, -0.05) is 285 Å². The zero-order valence-electron chi connectivity index (χ0n) is 46.0. The third kappa shape index (κ3) is 19.0. The number of hydrogen-bond acceptors (Lipinski definition) is 4. The number of hydrogen-bond donors (Lipinski definition) is 0. The van der Waals surface area contributed by atoms with Crippen molar-refractivity contribution in [2.75, 3.05) is 0 Å². The van der Waals surface area contributed by atoms with Gasteiger partial charge in [0.05, 0.1) is 9.40 Å². The molecule has 0 aliphatic rings. The number of rotatable bonds is 44. The van der Waals surface area contributed by atoms with Crippen molar-refractivity contribution < 1.29 is 0 Å². The molecule has 0 spiro atoms. The molecule has 6 aromatic rings. The largest absolute Gasteiger partial charge is 0.144 e. The van der Waals surface area contributed by atoms with Gasteiger partial charge in [0, 0.05) is 40.3 Å². The first kappa shape index (κ1) is 57.8. The van der Waals surface area contributed by atoms with Gasteiger partial charge in [0.1, 0.15) is 0 Å². The van der Waals surface area contributed by atoms with Crippen molar-refractivity contribution >= 4 is 95.1 Å². The van der Waals surface area contributed by atoms with E-state index in [2.05, 4.69) is 85.4 Å². The molecule has 0 N–H and O–H groups in total. The Kier molecular flexibility index (Phi) is 28.8. The van der Waals surface area contributed by atoms with Gasteiger partial charge in [-0.2, -0.15) is 0 Å². The van der Waals surface area contributed by atoms with Crippen LogP contribution in [0, 0.1) is 11.8 Å². The first-order chi connectivity index (χ1) is 34.7. The van der Waals surface area contributed by atoms with Crippen LogP contribution in [0.4, 0.5) is 0 Å². The summed E-state index contributed by atoms with van der Waals surface area (Å²) in [4.78, 5) is 0. The minimum absolute atomic E-state index is 0.812. The van der Waals surface area contributed by atoms with E-state index in [1.165, 1.54) is 270 Å². The van der Waals surface area contributed by atoms with Crippen LogP contribution in [0.3, 0.4) is 0 Å². The summed E-state index contributed by atoms with van der Waals surface area (Å²) >= 11 is 8.31. The van der Waals surface area contributed by atoms with Crippen LogP contribution in [-0.2, 0) is 12.8 Å². The highest BCUT2D eigenvalue weighted by molar-refractivity contribution is 7.37. The van der Waals surface area contributed by atoms with Crippen molar-refractivity contribution in [1.82, 2.24) is 0 Å². The second kappa shape index (κ2) is 34.9. The summed E-state index contributed by atoms with van der Waals surface area (Å²) in [5, 5.41) is 11.0. The minimum Gasteiger partial charge on any atom is -0.144 e. The van der Waals surface area contributed by atoms with Crippen LogP contribution in [-0.4, -0.2) is 0 Å². The first-order valence-corrected chi connectivity index (χ1v) is 34.2. The topological polar surface area (TPSA) is 0 Å². The van der Waals surface area contributed by atoms with E-state index in [4.69, 9.17) is 0 Å². The van der Waals surface area contributed by atoms with Gasteiger partial charge < -0.3 is 0 Å². The van der Waals surface area contributed by atoms with Crippen molar-refractivity contribution in [2.24, 2.45) is 11.8 Å². The third-order valence-corrected chi connectivity index (χ3v) is 20.9. The fourth-order valence-corrected chi connectivity index (χ4v) is 17.0. The molecule has 4 aromatic heterocycles. The van der Waals surface area contributed by atoms with Crippen molar-refractivity contribution in [3.63, 3.8) is 0 Å². The zero-order valence-corrected chi connectivity index (χ0v) is 49.2. The van der Waals surface area contributed by atoms with Crippen LogP contribution in [0.5, 0.6) is 0 Å². The Morgan fingerprint density at radius 3 is 0.843 bits per heavy atom. The number of benzene rings is 2. The van der Waals surface area contributed by atoms with Gasteiger partial charge in [-0.05, 0) is 70.8 Å². The molecule has 70 heavy (non-hydrogen) atoms. The molecule has 0 nitrogen and oxygen atoms in total. The van der Waals surface area contributed by atoms with Crippen molar-refractivity contribution in [3.8, 4) is 0 Å². The number of unbranched alkanes of at least 4 members (excludes halogenated alkanes) is 32. The fourth-order valence-electron chi connectivity index (χ4n) is 12.2. The molecule has 4 heterocycles. The van der Waals surface area contributed by atoms with Crippen molar-refractivity contribution in [1.29, 1.82) is 0 Å². The van der Waals surface area contributed by atoms with Crippen LogP contribution in [0.2, 0.25) is 0 Å². The maximum Gasteiger partial charge on any atom is 0.0548 e. The Hall–Kier alpha value is -1.46. The molecule has 0 saturated carbocycles. The third-order valence-electron chi connectivity index (χ3n) is 16.5. The van der Waals surface area contributed by atoms with Crippen LogP contribution < -0.4 is 0 Å².